The van der Waals surface area contributed by atoms with Gasteiger partial charge in [0.2, 0.25) is 11.9 Å². The van der Waals surface area contributed by atoms with Gasteiger partial charge in [0.1, 0.15) is 0 Å². The number of carbonyl (C=O) groups is 1. The quantitative estimate of drug-likeness (QED) is 0.829. The smallest absolute Gasteiger partial charge is 0.222 e. The fourth-order valence-corrected chi connectivity index (χ4v) is 2.47. The van der Waals surface area contributed by atoms with E-state index >= 15 is 0 Å². The van der Waals surface area contributed by atoms with E-state index in [0.717, 1.165) is 38.7 Å². The minimum Gasteiger partial charge on any atom is -0.339 e. The Labute approximate surface area is 115 Å². The van der Waals surface area contributed by atoms with Crippen LogP contribution in [0.4, 0.5) is 5.95 Å². The summed E-state index contributed by atoms with van der Waals surface area (Å²) in [6, 6.07) is 0. The number of hydrogen-bond donors (Lipinski definition) is 0. The van der Waals surface area contributed by atoms with Gasteiger partial charge in [-0.3, -0.25) is 4.79 Å². The van der Waals surface area contributed by atoms with Crippen LogP contribution in [0.25, 0.3) is 0 Å². The first-order valence-corrected chi connectivity index (χ1v) is 7.15. The van der Waals surface area contributed by atoms with E-state index in [1.165, 1.54) is 0 Å². The third-order valence-corrected chi connectivity index (χ3v) is 3.53. The third-order valence-electron chi connectivity index (χ3n) is 3.53. The average Bonchev–Trinajstić information content (AvgIpc) is 2.86. The number of aromatic nitrogens is 2. The van der Waals surface area contributed by atoms with Crippen LogP contribution in [-0.2, 0) is 11.3 Å². The Kier molecular flexibility index (Phi) is 4.45. The van der Waals surface area contributed by atoms with Crippen molar-refractivity contribution < 1.29 is 4.79 Å². The fourth-order valence-electron chi connectivity index (χ4n) is 2.47. The van der Waals surface area contributed by atoms with E-state index in [1.54, 1.807) is 0 Å². The van der Waals surface area contributed by atoms with Gasteiger partial charge in [-0.25, -0.2) is 4.98 Å². The molecule has 0 saturated carbocycles. The third kappa shape index (κ3) is 3.28. The van der Waals surface area contributed by atoms with Gasteiger partial charge in [-0.15, -0.1) is 0 Å². The molecule has 2 rings (SSSR count). The summed E-state index contributed by atoms with van der Waals surface area (Å²) in [5.74, 6) is 1.75. The summed E-state index contributed by atoms with van der Waals surface area (Å²) in [4.78, 5) is 20.7. The first-order chi connectivity index (χ1) is 9.11. The van der Waals surface area contributed by atoms with Gasteiger partial charge in [-0.1, -0.05) is 13.8 Å². The van der Waals surface area contributed by atoms with Crippen LogP contribution in [0.3, 0.4) is 0 Å². The van der Waals surface area contributed by atoms with Crippen LogP contribution in [0.5, 0.6) is 0 Å². The summed E-state index contributed by atoms with van der Waals surface area (Å²) < 4.78 is 2.14. The largest absolute Gasteiger partial charge is 0.339 e. The molecule has 0 aliphatic carbocycles. The number of nitrogens with zero attached hydrogens (tertiary/aromatic N) is 4. The predicted molar refractivity (Wildman–Crippen MR) is 76.1 cm³/mol. The number of amides is 1. The molecule has 0 N–H and O–H groups in total. The lowest BCUT2D eigenvalue weighted by atomic mass is 10.1. The van der Waals surface area contributed by atoms with Crippen molar-refractivity contribution in [2.24, 2.45) is 5.92 Å². The minimum atomic E-state index is 0.286. The van der Waals surface area contributed by atoms with Crippen molar-refractivity contribution in [2.45, 2.75) is 33.7 Å². The molecule has 1 fully saturated rings. The van der Waals surface area contributed by atoms with Crippen molar-refractivity contribution >= 4 is 11.9 Å². The summed E-state index contributed by atoms with van der Waals surface area (Å²) in [5.41, 5.74) is 0. The van der Waals surface area contributed by atoms with E-state index in [0.29, 0.717) is 12.3 Å². The van der Waals surface area contributed by atoms with Crippen molar-refractivity contribution in [3.63, 3.8) is 0 Å². The van der Waals surface area contributed by atoms with Crippen LogP contribution in [-0.4, -0.2) is 46.5 Å². The van der Waals surface area contributed by atoms with Crippen LogP contribution in [0.1, 0.15) is 27.2 Å². The number of imidazole rings is 1. The molecule has 0 spiro atoms. The molecule has 5 nitrogen and oxygen atoms in total. The molecule has 1 amide bonds. The molecule has 0 atom stereocenters. The molecule has 1 aromatic rings. The Bertz CT molecular complexity index is 419. The molecule has 0 bridgehead atoms. The second kappa shape index (κ2) is 6.08. The number of rotatable bonds is 4. The second-order valence-electron chi connectivity index (χ2n) is 5.48. The van der Waals surface area contributed by atoms with Crippen molar-refractivity contribution in [1.82, 2.24) is 14.5 Å². The van der Waals surface area contributed by atoms with Gasteiger partial charge in [0.25, 0.3) is 0 Å². The lowest BCUT2D eigenvalue weighted by Gasteiger charge is -2.35. The standard InChI is InChI=1S/C14H24N4O/c1-4-16-6-5-15-14(16)18-9-7-17(8-10-18)13(19)11-12(2)3/h5-6,12H,4,7-11H2,1-3H3. The predicted octanol–water partition coefficient (Wildman–Crippen LogP) is 1.60. The molecule has 2 heterocycles. The first-order valence-electron chi connectivity index (χ1n) is 7.15. The monoisotopic (exact) mass is 264 g/mol. The molecule has 1 aliphatic rings. The summed E-state index contributed by atoms with van der Waals surface area (Å²) in [6.07, 6.45) is 4.50. The van der Waals surface area contributed by atoms with E-state index in [4.69, 9.17) is 0 Å². The normalized spacial score (nSPS) is 16.2. The van der Waals surface area contributed by atoms with E-state index in [2.05, 4.69) is 35.2 Å². The summed E-state index contributed by atoms with van der Waals surface area (Å²) >= 11 is 0. The van der Waals surface area contributed by atoms with Gasteiger partial charge in [-0.05, 0) is 12.8 Å². The van der Waals surface area contributed by atoms with Crippen molar-refractivity contribution in [1.29, 1.82) is 0 Å². The number of piperazine rings is 1. The number of carbonyl (C=O) groups excluding carboxylic acids is 1. The Morgan fingerprint density at radius 3 is 2.58 bits per heavy atom. The fraction of sp³-hybridized carbons (Fsp3) is 0.714. The van der Waals surface area contributed by atoms with Gasteiger partial charge in [-0.2, -0.15) is 0 Å². The van der Waals surface area contributed by atoms with Gasteiger partial charge in [0.05, 0.1) is 0 Å². The molecular weight excluding hydrogens is 240 g/mol. The topological polar surface area (TPSA) is 41.4 Å². The maximum absolute atomic E-state index is 12.0. The molecule has 0 unspecified atom stereocenters. The van der Waals surface area contributed by atoms with E-state index in [9.17, 15) is 4.79 Å². The highest BCUT2D eigenvalue weighted by atomic mass is 16.2. The van der Waals surface area contributed by atoms with Crippen molar-refractivity contribution in [3.8, 4) is 0 Å². The highest BCUT2D eigenvalue weighted by Gasteiger charge is 2.23. The first kappa shape index (κ1) is 13.9. The zero-order valence-corrected chi connectivity index (χ0v) is 12.2. The van der Waals surface area contributed by atoms with Crippen LogP contribution in [0.2, 0.25) is 0 Å². The highest BCUT2D eigenvalue weighted by molar-refractivity contribution is 5.76. The zero-order chi connectivity index (χ0) is 13.8. The zero-order valence-electron chi connectivity index (χ0n) is 12.2. The molecule has 5 heteroatoms. The molecule has 1 saturated heterocycles. The van der Waals surface area contributed by atoms with Crippen molar-refractivity contribution in [2.75, 3.05) is 31.1 Å². The summed E-state index contributed by atoms with van der Waals surface area (Å²) in [5, 5.41) is 0. The molecule has 0 radical (unpaired) electrons. The van der Waals surface area contributed by atoms with E-state index in [-0.39, 0.29) is 5.91 Å². The van der Waals surface area contributed by atoms with Gasteiger partial charge < -0.3 is 14.4 Å². The van der Waals surface area contributed by atoms with Crippen molar-refractivity contribution in [3.05, 3.63) is 12.4 Å². The highest BCUT2D eigenvalue weighted by Crippen LogP contribution is 2.15. The molecule has 106 valence electrons. The second-order valence-corrected chi connectivity index (χ2v) is 5.48. The lowest BCUT2D eigenvalue weighted by molar-refractivity contribution is -0.132. The average molecular weight is 264 g/mol. The Morgan fingerprint density at radius 1 is 1.32 bits per heavy atom. The van der Waals surface area contributed by atoms with E-state index < -0.39 is 0 Å². The van der Waals surface area contributed by atoms with Crippen LogP contribution < -0.4 is 4.90 Å². The lowest BCUT2D eigenvalue weighted by Crippen LogP contribution is -2.49. The summed E-state index contributed by atoms with van der Waals surface area (Å²) in [6.45, 7) is 10.6. The molecule has 1 aromatic heterocycles. The van der Waals surface area contributed by atoms with Crippen LogP contribution in [0.15, 0.2) is 12.4 Å². The summed E-state index contributed by atoms with van der Waals surface area (Å²) in [7, 11) is 0. The van der Waals surface area contributed by atoms with Gasteiger partial charge in [0.15, 0.2) is 0 Å². The van der Waals surface area contributed by atoms with E-state index in [1.807, 2.05) is 17.3 Å². The molecule has 1 aliphatic heterocycles. The number of anilines is 1. The maximum atomic E-state index is 12.0. The van der Waals surface area contributed by atoms with Crippen LogP contribution >= 0.6 is 0 Å². The number of hydrogen-bond acceptors (Lipinski definition) is 3. The number of aryl methyl sites for hydroxylation is 1. The maximum Gasteiger partial charge on any atom is 0.222 e. The van der Waals surface area contributed by atoms with Crippen LogP contribution in [0, 0.1) is 5.92 Å². The minimum absolute atomic E-state index is 0.286. The van der Waals surface area contributed by atoms with Gasteiger partial charge in [0, 0.05) is 51.5 Å². The molecule has 0 aromatic carbocycles. The SMILES string of the molecule is CCn1ccnc1N1CCN(C(=O)CC(C)C)CC1. The Hall–Kier alpha value is -1.52. The van der Waals surface area contributed by atoms with Gasteiger partial charge >= 0.3 is 0 Å². The Morgan fingerprint density at radius 2 is 2.00 bits per heavy atom. The Balaban J connectivity index is 1.90. The molecule has 19 heavy (non-hydrogen) atoms. The molecular formula is C14H24N4O.